The Labute approximate surface area is 203 Å². The molecule has 1 N–H and O–H groups in total. The molecule has 3 aromatic carbocycles. The topological polar surface area (TPSA) is 41.6 Å². The van der Waals surface area contributed by atoms with Crippen LogP contribution in [0.2, 0.25) is 5.02 Å². The second kappa shape index (κ2) is 13.5. The van der Waals surface area contributed by atoms with Gasteiger partial charge in [-0.3, -0.25) is 4.79 Å². The highest BCUT2D eigenvalue weighted by Crippen LogP contribution is 2.33. The number of carbonyl (C=O) groups is 1. The monoisotopic (exact) mass is 466 g/mol. The molecule has 176 valence electrons. The molecule has 0 aliphatic rings. The van der Waals surface area contributed by atoms with Crippen molar-refractivity contribution in [2.24, 2.45) is 0 Å². The molecule has 0 saturated carbocycles. The molecule has 3 aromatic rings. The third kappa shape index (κ3) is 7.83. The molecule has 0 fully saturated rings. The molecule has 0 saturated heterocycles. The summed E-state index contributed by atoms with van der Waals surface area (Å²) in [6.07, 6.45) is 1.77. The Hall–Kier alpha value is -2.98. The fourth-order valence-electron chi connectivity index (χ4n) is 3.37. The summed E-state index contributed by atoms with van der Waals surface area (Å²) in [5, 5.41) is 4.28. The highest BCUT2D eigenvalue weighted by atomic mass is 35.5. The lowest BCUT2D eigenvalue weighted by Crippen LogP contribution is -2.31. The summed E-state index contributed by atoms with van der Waals surface area (Å²) >= 11 is 6.06. The average Bonchev–Trinajstić information content (AvgIpc) is 2.85. The Bertz CT molecular complexity index is 1010. The standard InChI is InChI=1S/C26H29ClN2O2.C2H6/c1-4-22(16-17-29(3)26(30)20-10-6-5-7-11-20)28-23-12-8-9-13-25(23)31-24-15-14-21(27)18-19(24)2;1-2/h5-15,18,22,28H,4,16-17H2,1-3H3;1-2H3. The minimum Gasteiger partial charge on any atom is -0.455 e. The zero-order chi connectivity index (χ0) is 24.2. The zero-order valence-electron chi connectivity index (χ0n) is 20.3. The molecule has 0 aliphatic carbocycles. The number of aryl methyl sites for hydroxylation is 1. The van der Waals surface area contributed by atoms with Gasteiger partial charge in [-0.2, -0.15) is 0 Å². The number of halogens is 1. The number of carbonyl (C=O) groups excluding carboxylic acids is 1. The summed E-state index contributed by atoms with van der Waals surface area (Å²) in [7, 11) is 1.85. The van der Waals surface area contributed by atoms with E-state index in [4.69, 9.17) is 16.3 Å². The van der Waals surface area contributed by atoms with Crippen LogP contribution in [0, 0.1) is 6.92 Å². The molecular weight excluding hydrogens is 432 g/mol. The van der Waals surface area contributed by atoms with E-state index in [9.17, 15) is 4.79 Å². The summed E-state index contributed by atoms with van der Waals surface area (Å²) in [5.41, 5.74) is 2.62. The molecule has 3 rings (SSSR count). The van der Waals surface area contributed by atoms with Gasteiger partial charge in [-0.15, -0.1) is 0 Å². The van der Waals surface area contributed by atoms with E-state index in [2.05, 4.69) is 12.2 Å². The van der Waals surface area contributed by atoms with E-state index in [-0.39, 0.29) is 11.9 Å². The van der Waals surface area contributed by atoms with Crippen LogP contribution in [0.5, 0.6) is 11.5 Å². The summed E-state index contributed by atoms with van der Waals surface area (Å²) in [4.78, 5) is 14.4. The molecule has 0 radical (unpaired) electrons. The van der Waals surface area contributed by atoms with Gasteiger partial charge in [0.1, 0.15) is 5.75 Å². The maximum absolute atomic E-state index is 12.6. The van der Waals surface area contributed by atoms with Crippen LogP contribution in [-0.4, -0.2) is 30.4 Å². The number of anilines is 1. The van der Waals surface area contributed by atoms with Gasteiger partial charge in [0.05, 0.1) is 5.69 Å². The Kier molecular flexibility index (Phi) is 10.8. The van der Waals surface area contributed by atoms with E-state index in [0.29, 0.717) is 17.1 Å². The number of nitrogens with one attached hydrogen (secondary N) is 1. The molecule has 1 unspecified atom stereocenters. The molecule has 0 aliphatic heterocycles. The first kappa shape index (κ1) is 26.3. The van der Waals surface area contributed by atoms with Crippen LogP contribution in [0.25, 0.3) is 0 Å². The van der Waals surface area contributed by atoms with Crippen molar-refractivity contribution in [1.29, 1.82) is 0 Å². The van der Waals surface area contributed by atoms with Crippen LogP contribution < -0.4 is 10.1 Å². The molecule has 0 aromatic heterocycles. The lowest BCUT2D eigenvalue weighted by molar-refractivity contribution is 0.0791. The summed E-state index contributed by atoms with van der Waals surface area (Å²) in [6, 6.07) is 23.1. The second-order valence-corrected chi connectivity index (χ2v) is 8.08. The van der Waals surface area contributed by atoms with Gasteiger partial charge in [0.2, 0.25) is 0 Å². The van der Waals surface area contributed by atoms with Gasteiger partial charge in [-0.1, -0.05) is 62.7 Å². The highest BCUT2D eigenvalue weighted by Gasteiger charge is 2.15. The first-order valence-corrected chi connectivity index (χ1v) is 12.0. The van der Waals surface area contributed by atoms with Crippen molar-refractivity contribution in [3.63, 3.8) is 0 Å². The Morgan fingerprint density at radius 3 is 2.33 bits per heavy atom. The van der Waals surface area contributed by atoms with Gasteiger partial charge in [-0.05, 0) is 67.8 Å². The summed E-state index contributed by atoms with van der Waals surface area (Å²) in [6.45, 7) is 8.79. The van der Waals surface area contributed by atoms with Crippen molar-refractivity contribution in [2.75, 3.05) is 18.9 Å². The van der Waals surface area contributed by atoms with E-state index < -0.39 is 0 Å². The van der Waals surface area contributed by atoms with Crippen LogP contribution >= 0.6 is 11.6 Å². The van der Waals surface area contributed by atoms with Gasteiger partial charge in [0.25, 0.3) is 5.91 Å². The van der Waals surface area contributed by atoms with Crippen molar-refractivity contribution < 1.29 is 9.53 Å². The minimum atomic E-state index is 0.0393. The summed E-state index contributed by atoms with van der Waals surface area (Å²) in [5.74, 6) is 1.58. The second-order valence-electron chi connectivity index (χ2n) is 7.64. The molecule has 0 spiro atoms. The fourth-order valence-corrected chi connectivity index (χ4v) is 3.60. The van der Waals surface area contributed by atoms with Crippen molar-refractivity contribution >= 4 is 23.2 Å². The average molecular weight is 467 g/mol. The molecule has 0 heterocycles. The molecule has 1 amide bonds. The van der Waals surface area contributed by atoms with E-state index in [1.807, 2.05) is 101 Å². The predicted octanol–water partition coefficient (Wildman–Crippen LogP) is 7.82. The third-order valence-electron chi connectivity index (χ3n) is 5.28. The number of para-hydroxylation sites is 2. The van der Waals surface area contributed by atoms with Crippen molar-refractivity contribution in [3.8, 4) is 11.5 Å². The number of rotatable bonds is 9. The number of nitrogens with zero attached hydrogens (tertiary/aromatic N) is 1. The maximum Gasteiger partial charge on any atom is 0.253 e. The Morgan fingerprint density at radius 1 is 1.00 bits per heavy atom. The maximum atomic E-state index is 12.6. The first-order chi connectivity index (χ1) is 16.0. The quantitative estimate of drug-likeness (QED) is 0.349. The molecule has 33 heavy (non-hydrogen) atoms. The van der Waals surface area contributed by atoms with Crippen LogP contribution in [0.3, 0.4) is 0 Å². The molecule has 4 nitrogen and oxygen atoms in total. The van der Waals surface area contributed by atoms with Gasteiger partial charge in [0.15, 0.2) is 5.75 Å². The molecular formula is C28H35ClN2O2. The fraction of sp³-hybridized carbons (Fsp3) is 0.321. The first-order valence-electron chi connectivity index (χ1n) is 11.6. The number of hydrogen-bond donors (Lipinski definition) is 1. The van der Waals surface area contributed by atoms with E-state index >= 15 is 0 Å². The summed E-state index contributed by atoms with van der Waals surface area (Å²) < 4.78 is 6.18. The largest absolute Gasteiger partial charge is 0.455 e. The number of hydrogen-bond acceptors (Lipinski definition) is 3. The smallest absolute Gasteiger partial charge is 0.253 e. The number of benzene rings is 3. The Morgan fingerprint density at radius 2 is 1.67 bits per heavy atom. The van der Waals surface area contributed by atoms with Crippen molar-refractivity contribution in [2.45, 2.75) is 46.6 Å². The van der Waals surface area contributed by atoms with E-state index in [1.165, 1.54) is 0 Å². The third-order valence-corrected chi connectivity index (χ3v) is 5.51. The molecule has 0 bridgehead atoms. The van der Waals surface area contributed by atoms with Crippen LogP contribution in [0.15, 0.2) is 72.8 Å². The molecule has 1 atom stereocenters. The zero-order valence-corrected chi connectivity index (χ0v) is 21.0. The van der Waals surface area contributed by atoms with E-state index in [1.54, 1.807) is 4.90 Å². The predicted molar refractivity (Wildman–Crippen MR) is 140 cm³/mol. The van der Waals surface area contributed by atoms with Gasteiger partial charge >= 0.3 is 0 Å². The normalized spacial score (nSPS) is 11.1. The van der Waals surface area contributed by atoms with Gasteiger partial charge in [-0.25, -0.2) is 0 Å². The van der Waals surface area contributed by atoms with Gasteiger partial charge < -0.3 is 15.0 Å². The Balaban J connectivity index is 0.00000187. The highest BCUT2D eigenvalue weighted by molar-refractivity contribution is 6.30. The number of amides is 1. The van der Waals surface area contributed by atoms with Crippen LogP contribution in [0.1, 0.15) is 49.5 Å². The number of ether oxygens (including phenoxy) is 1. The molecule has 5 heteroatoms. The van der Waals surface area contributed by atoms with E-state index in [0.717, 1.165) is 35.6 Å². The minimum absolute atomic E-state index is 0.0393. The lowest BCUT2D eigenvalue weighted by atomic mass is 10.1. The van der Waals surface area contributed by atoms with Crippen LogP contribution in [-0.2, 0) is 0 Å². The van der Waals surface area contributed by atoms with Crippen molar-refractivity contribution in [3.05, 3.63) is 88.9 Å². The van der Waals surface area contributed by atoms with Crippen molar-refractivity contribution in [1.82, 2.24) is 4.90 Å². The van der Waals surface area contributed by atoms with Crippen LogP contribution in [0.4, 0.5) is 5.69 Å². The van der Waals surface area contributed by atoms with Gasteiger partial charge in [0, 0.05) is 30.2 Å². The lowest BCUT2D eigenvalue weighted by Gasteiger charge is -2.24. The SMILES string of the molecule is CC.CCC(CCN(C)C(=O)c1ccccc1)Nc1ccccc1Oc1ccc(Cl)cc1C.